The first kappa shape index (κ1) is 23.4. The maximum Gasteiger partial charge on any atom is 0.310 e. The smallest absolute Gasteiger partial charge is 0.310 e. The van der Waals surface area contributed by atoms with Crippen LogP contribution < -0.4 is 0 Å². The molecule has 2 N–H and O–H groups in total. The second-order valence-electron chi connectivity index (χ2n) is 9.63. The molecule has 1 aromatic carbocycles. The number of carboxylic acid groups (broad SMARTS) is 1. The lowest BCUT2D eigenvalue weighted by molar-refractivity contribution is -0.154. The summed E-state index contributed by atoms with van der Waals surface area (Å²) in [5, 5.41) is 20.1. The van der Waals surface area contributed by atoms with Crippen molar-refractivity contribution < 1.29 is 29.3 Å². The molecule has 8 nitrogen and oxygen atoms in total. The Bertz CT molecular complexity index is 934. The first-order valence-electron chi connectivity index (χ1n) is 11.5. The largest absolute Gasteiger partial charge is 0.481 e. The van der Waals surface area contributed by atoms with Crippen LogP contribution in [0.5, 0.6) is 0 Å². The third kappa shape index (κ3) is 3.65. The van der Waals surface area contributed by atoms with Crippen molar-refractivity contribution in [1.29, 1.82) is 0 Å². The molecule has 3 saturated heterocycles. The van der Waals surface area contributed by atoms with Gasteiger partial charge in [0.25, 0.3) is 0 Å². The second-order valence-corrected chi connectivity index (χ2v) is 9.63. The molecule has 3 heterocycles. The number of hydrogen-bond acceptors (Lipinski definition) is 5. The summed E-state index contributed by atoms with van der Waals surface area (Å²) in [5.74, 6) is -3.84. The average molecular weight is 457 g/mol. The lowest BCUT2D eigenvalue weighted by atomic mass is 9.70. The maximum atomic E-state index is 14.1. The van der Waals surface area contributed by atoms with Gasteiger partial charge in [0, 0.05) is 13.1 Å². The van der Waals surface area contributed by atoms with E-state index in [4.69, 9.17) is 4.74 Å². The molecule has 1 aromatic rings. The molecule has 3 fully saturated rings. The highest BCUT2D eigenvalue weighted by molar-refractivity contribution is 5.98. The molecule has 178 valence electrons. The molecule has 33 heavy (non-hydrogen) atoms. The number of carboxylic acids is 1. The van der Waals surface area contributed by atoms with E-state index < -0.39 is 47.5 Å². The third-order valence-corrected chi connectivity index (χ3v) is 7.45. The van der Waals surface area contributed by atoms with Crippen LogP contribution in [0.2, 0.25) is 0 Å². The van der Waals surface area contributed by atoms with Gasteiger partial charge in [-0.25, -0.2) is 0 Å². The second kappa shape index (κ2) is 8.91. The van der Waals surface area contributed by atoms with E-state index in [1.807, 2.05) is 44.2 Å². The number of carbonyl (C=O) groups excluding carboxylic acids is 2. The van der Waals surface area contributed by atoms with Gasteiger partial charge in [-0.2, -0.15) is 0 Å². The Morgan fingerprint density at radius 2 is 2.03 bits per heavy atom. The van der Waals surface area contributed by atoms with Crippen LogP contribution in [0.3, 0.4) is 0 Å². The monoisotopic (exact) mass is 456 g/mol. The zero-order chi connectivity index (χ0) is 23.9. The van der Waals surface area contributed by atoms with Gasteiger partial charge in [0.1, 0.15) is 11.6 Å². The summed E-state index contributed by atoms with van der Waals surface area (Å²) < 4.78 is 6.25. The Balaban J connectivity index is 1.78. The summed E-state index contributed by atoms with van der Waals surface area (Å²) in [6.07, 6.45) is 1.98. The SMILES string of the molecule is C=CCN(Cc1ccccc1)C(=O)C1N([C@@H](CO)C(C)C)C(=O)[C@@H]2[C@H](C(=O)O)[C@@H]3CCC12O3. The minimum atomic E-state index is -1.19. The van der Waals surface area contributed by atoms with Gasteiger partial charge < -0.3 is 24.7 Å². The molecule has 6 atom stereocenters. The number of aliphatic hydroxyl groups is 1. The number of nitrogens with zero attached hydrogens (tertiary/aromatic N) is 2. The van der Waals surface area contributed by atoms with Gasteiger partial charge in [0.15, 0.2) is 0 Å². The van der Waals surface area contributed by atoms with E-state index in [0.29, 0.717) is 19.4 Å². The van der Waals surface area contributed by atoms with Crippen molar-refractivity contribution in [2.75, 3.05) is 13.2 Å². The average Bonchev–Trinajstić information content (AvgIpc) is 3.42. The number of benzene rings is 1. The molecule has 3 aliphatic rings. The summed E-state index contributed by atoms with van der Waals surface area (Å²) >= 11 is 0. The molecule has 1 spiro atoms. The maximum absolute atomic E-state index is 14.1. The van der Waals surface area contributed by atoms with E-state index in [1.54, 1.807) is 11.0 Å². The topological polar surface area (TPSA) is 107 Å². The van der Waals surface area contributed by atoms with Crippen molar-refractivity contribution >= 4 is 17.8 Å². The molecule has 2 unspecified atom stereocenters. The molecule has 3 aliphatic heterocycles. The molecule has 2 amide bonds. The van der Waals surface area contributed by atoms with Gasteiger partial charge in [-0.05, 0) is 24.3 Å². The summed E-state index contributed by atoms with van der Waals surface area (Å²) in [5.41, 5.74) is -0.263. The third-order valence-electron chi connectivity index (χ3n) is 7.45. The van der Waals surface area contributed by atoms with Gasteiger partial charge in [0.2, 0.25) is 11.8 Å². The number of aliphatic hydroxyl groups excluding tert-OH is 1. The molecule has 0 aromatic heterocycles. The van der Waals surface area contributed by atoms with E-state index in [9.17, 15) is 24.6 Å². The Kier molecular flexibility index (Phi) is 6.33. The minimum absolute atomic E-state index is 0.132. The quantitative estimate of drug-likeness (QED) is 0.548. The molecular formula is C25H32N2O6. The van der Waals surface area contributed by atoms with Gasteiger partial charge in [0.05, 0.1) is 30.6 Å². The molecule has 0 aliphatic carbocycles. The molecule has 0 saturated carbocycles. The molecule has 0 radical (unpaired) electrons. The number of amides is 2. The van der Waals surface area contributed by atoms with Crippen molar-refractivity contribution in [3.05, 3.63) is 48.6 Å². The van der Waals surface area contributed by atoms with Crippen LogP contribution in [-0.2, 0) is 25.7 Å². The number of fused-ring (bicyclic) bond motifs is 1. The van der Waals surface area contributed by atoms with Crippen LogP contribution >= 0.6 is 0 Å². The summed E-state index contributed by atoms with van der Waals surface area (Å²) in [7, 11) is 0. The fourth-order valence-corrected chi connectivity index (χ4v) is 5.99. The first-order valence-corrected chi connectivity index (χ1v) is 11.5. The Labute approximate surface area is 193 Å². The Hall–Kier alpha value is -2.71. The van der Waals surface area contributed by atoms with Crippen molar-refractivity contribution in [3.63, 3.8) is 0 Å². The normalized spacial score (nSPS) is 31.0. The Morgan fingerprint density at radius 1 is 1.33 bits per heavy atom. The standard InChI is InChI=1S/C25H32N2O6/c1-4-12-26(13-16-8-6-5-7-9-16)23(30)21-25-11-10-18(33-25)19(24(31)32)20(25)22(29)27(21)17(14-28)15(2)3/h4-9,15,17-21,28H,1,10-14H2,2-3H3,(H,31,32)/t17-,18-,19+,20-,21?,25?/m0/s1. The number of carbonyl (C=O) groups is 3. The number of rotatable bonds is 9. The van der Waals surface area contributed by atoms with E-state index in [2.05, 4.69) is 6.58 Å². The van der Waals surface area contributed by atoms with E-state index in [1.165, 1.54) is 4.90 Å². The minimum Gasteiger partial charge on any atom is -0.481 e. The number of ether oxygens (including phenoxy) is 1. The highest BCUT2D eigenvalue weighted by Gasteiger charge is 2.75. The highest BCUT2D eigenvalue weighted by atomic mass is 16.5. The van der Waals surface area contributed by atoms with Crippen LogP contribution in [0.4, 0.5) is 0 Å². The van der Waals surface area contributed by atoms with Crippen molar-refractivity contribution in [2.45, 2.75) is 57.0 Å². The van der Waals surface area contributed by atoms with E-state index in [0.717, 1.165) is 5.56 Å². The lowest BCUT2D eigenvalue weighted by Gasteiger charge is -2.40. The summed E-state index contributed by atoms with van der Waals surface area (Å²) in [6, 6.07) is 7.92. The van der Waals surface area contributed by atoms with Crippen LogP contribution in [0.1, 0.15) is 32.3 Å². The first-order chi connectivity index (χ1) is 15.8. The van der Waals surface area contributed by atoms with Crippen molar-refractivity contribution in [3.8, 4) is 0 Å². The zero-order valence-corrected chi connectivity index (χ0v) is 19.1. The van der Waals surface area contributed by atoms with Crippen molar-refractivity contribution in [2.24, 2.45) is 17.8 Å². The molecule has 2 bridgehead atoms. The van der Waals surface area contributed by atoms with Crippen LogP contribution in [0.25, 0.3) is 0 Å². The van der Waals surface area contributed by atoms with Gasteiger partial charge in [-0.1, -0.05) is 50.3 Å². The van der Waals surface area contributed by atoms with Gasteiger partial charge >= 0.3 is 5.97 Å². The summed E-state index contributed by atoms with van der Waals surface area (Å²) in [6.45, 7) is 7.81. The summed E-state index contributed by atoms with van der Waals surface area (Å²) in [4.78, 5) is 43.0. The van der Waals surface area contributed by atoms with E-state index in [-0.39, 0.29) is 25.0 Å². The van der Waals surface area contributed by atoms with Crippen LogP contribution in [0.15, 0.2) is 43.0 Å². The van der Waals surface area contributed by atoms with Crippen molar-refractivity contribution in [1.82, 2.24) is 9.80 Å². The van der Waals surface area contributed by atoms with Gasteiger partial charge in [-0.15, -0.1) is 6.58 Å². The van der Waals surface area contributed by atoms with Crippen LogP contribution in [-0.4, -0.2) is 74.7 Å². The number of aliphatic carboxylic acids is 1. The highest BCUT2D eigenvalue weighted by Crippen LogP contribution is 2.59. The molecular weight excluding hydrogens is 424 g/mol. The fourth-order valence-electron chi connectivity index (χ4n) is 5.99. The zero-order valence-electron chi connectivity index (χ0n) is 19.1. The molecule has 8 heteroatoms. The number of likely N-dealkylation sites (tertiary alicyclic amines) is 1. The Morgan fingerprint density at radius 3 is 2.61 bits per heavy atom. The van der Waals surface area contributed by atoms with Crippen LogP contribution in [0, 0.1) is 17.8 Å². The van der Waals surface area contributed by atoms with Gasteiger partial charge in [-0.3, -0.25) is 14.4 Å². The molecule has 4 rings (SSSR count). The predicted octanol–water partition coefficient (Wildman–Crippen LogP) is 1.68. The number of hydrogen-bond donors (Lipinski definition) is 2. The lowest BCUT2D eigenvalue weighted by Crippen LogP contribution is -2.59. The van der Waals surface area contributed by atoms with E-state index >= 15 is 0 Å². The fraction of sp³-hybridized carbons (Fsp3) is 0.560. The predicted molar refractivity (Wildman–Crippen MR) is 120 cm³/mol.